The van der Waals surface area contributed by atoms with Crippen LogP contribution < -0.4 is 0 Å². The molecule has 0 fully saturated rings. The van der Waals surface area contributed by atoms with Crippen molar-refractivity contribution in [1.82, 2.24) is 0 Å². The first-order valence-electron chi connectivity index (χ1n) is 3.30. The molecule has 0 amide bonds. The molecule has 0 N–H and O–H groups in total. The molecule has 1 rings (SSSR count). The van der Waals surface area contributed by atoms with Gasteiger partial charge in [-0.2, -0.15) is 5.26 Å². The van der Waals surface area contributed by atoms with E-state index in [4.69, 9.17) is 5.26 Å². The number of hydrogen-bond donors (Lipinski definition) is 0. The summed E-state index contributed by atoms with van der Waals surface area (Å²) < 4.78 is 0. The zero-order valence-electron chi connectivity index (χ0n) is 5.92. The van der Waals surface area contributed by atoms with Gasteiger partial charge < -0.3 is 0 Å². The van der Waals surface area contributed by atoms with Crippen molar-refractivity contribution in [3.8, 4) is 6.07 Å². The number of hydrogen-bond acceptors (Lipinski definition) is 2. The fourth-order valence-electron chi connectivity index (χ4n) is 0.920. The number of nitriles is 1. The summed E-state index contributed by atoms with van der Waals surface area (Å²) in [5.74, 6) is 0.132. The van der Waals surface area contributed by atoms with Crippen LogP contribution in [0.1, 0.15) is 19.8 Å². The van der Waals surface area contributed by atoms with Crippen LogP contribution >= 0.6 is 0 Å². The molecule has 1 aliphatic carbocycles. The molecule has 0 saturated carbocycles. The Kier molecular flexibility index (Phi) is 1.58. The quantitative estimate of drug-likeness (QED) is 0.504. The maximum Gasteiger partial charge on any atom is 0.155 e. The highest BCUT2D eigenvalue weighted by atomic mass is 16.1. The van der Waals surface area contributed by atoms with Gasteiger partial charge in [0.1, 0.15) is 0 Å². The van der Waals surface area contributed by atoms with Crippen LogP contribution in [-0.4, -0.2) is 5.78 Å². The minimum absolute atomic E-state index is 0.132. The van der Waals surface area contributed by atoms with Crippen molar-refractivity contribution in [2.75, 3.05) is 0 Å². The van der Waals surface area contributed by atoms with Crippen LogP contribution in [0.2, 0.25) is 0 Å². The number of rotatable bonds is 0. The zero-order chi connectivity index (χ0) is 7.61. The first kappa shape index (κ1) is 7.01. The van der Waals surface area contributed by atoms with E-state index < -0.39 is 5.41 Å². The lowest BCUT2D eigenvalue weighted by Gasteiger charge is -2.18. The standard InChI is InChI=1S/C8H9NO/c1-8(6-9)4-2-7(10)3-5-8/h2,4H,3,5H2,1H3/t8-/m0/s1. The van der Waals surface area contributed by atoms with Crippen LogP contribution in [0.4, 0.5) is 0 Å². The van der Waals surface area contributed by atoms with E-state index in [1.54, 1.807) is 6.08 Å². The fraction of sp³-hybridized carbons (Fsp3) is 0.500. The Morgan fingerprint density at radius 3 is 2.90 bits per heavy atom. The fourth-order valence-corrected chi connectivity index (χ4v) is 0.920. The Labute approximate surface area is 60.2 Å². The van der Waals surface area contributed by atoms with Crippen molar-refractivity contribution in [1.29, 1.82) is 5.26 Å². The van der Waals surface area contributed by atoms with E-state index in [2.05, 4.69) is 6.07 Å². The molecule has 0 aromatic heterocycles. The molecule has 1 aliphatic rings. The average molecular weight is 135 g/mol. The van der Waals surface area contributed by atoms with E-state index in [0.717, 1.165) is 0 Å². The molecule has 52 valence electrons. The second-order valence-corrected chi connectivity index (χ2v) is 2.83. The van der Waals surface area contributed by atoms with Crippen LogP contribution in [0.3, 0.4) is 0 Å². The van der Waals surface area contributed by atoms with Crippen LogP contribution in [0, 0.1) is 16.7 Å². The molecular formula is C8H9NO. The van der Waals surface area contributed by atoms with Gasteiger partial charge >= 0.3 is 0 Å². The summed E-state index contributed by atoms with van der Waals surface area (Å²) in [5.41, 5.74) is -0.395. The smallest absolute Gasteiger partial charge is 0.155 e. The Morgan fingerprint density at radius 2 is 2.50 bits per heavy atom. The maximum atomic E-state index is 10.7. The van der Waals surface area contributed by atoms with E-state index in [1.165, 1.54) is 6.08 Å². The largest absolute Gasteiger partial charge is 0.295 e. The van der Waals surface area contributed by atoms with Gasteiger partial charge in [0.15, 0.2) is 5.78 Å². The lowest BCUT2D eigenvalue weighted by molar-refractivity contribution is -0.115. The van der Waals surface area contributed by atoms with E-state index in [-0.39, 0.29) is 5.78 Å². The van der Waals surface area contributed by atoms with Gasteiger partial charge in [0.25, 0.3) is 0 Å². The van der Waals surface area contributed by atoms with Gasteiger partial charge in [-0.3, -0.25) is 4.79 Å². The molecule has 0 spiro atoms. The van der Waals surface area contributed by atoms with Gasteiger partial charge in [0.05, 0.1) is 11.5 Å². The highest BCUT2D eigenvalue weighted by molar-refractivity contribution is 5.90. The molecule has 1 atom stereocenters. The monoisotopic (exact) mass is 135 g/mol. The number of carbonyl (C=O) groups is 1. The summed E-state index contributed by atoms with van der Waals surface area (Å²) >= 11 is 0. The highest BCUT2D eigenvalue weighted by Gasteiger charge is 2.24. The molecule has 2 heteroatoms. The molecule has 0 aromatic rings. The molecule has 0 saturated heterocycles. The van der Waals surface area contributed by atoms with E-state index in [9.17, 15) is 4.79 Å². The summed E-state index contributed by atoms with van der Waals surface area (Å²) in [6, 6.07) is 2.16. The summed E-state index contributed by atoms with van der Waals surface area (Å²) in [4.78, 5) is 10.7. The minimum Gasteiger partial charge on any atom is -0.295 e. The third kappa shape index (κ3) is 1.24. The summed E-state index contributed by atoms with van der Waals surface area (Å²) in [5, 5.41) is 8.62. The highest BCUT2D eigenvalue weighted by Crippen LogP contribution is 2.27. The van der Waals surface area contributed by atoms with Crippen LogP contribution in [0.15, 0.2) is 12.2 Å². The molecule has 0 aliphatic heterocycles. The van der Waals surface area contributed by atoms with Gasteiger partial charge in [0, 0.05) is 6.42 Å². The number of carbonyl (C=O) groups excluding carboxylic acids is 1. The van der Waals surface area contributed by atoms with Crippen molar-refractivity contribution >= 4 is 5.78 Å². The summed E-state index contributed by atoms with van der Waals surface area (Å²) in [7, 11) is 0. The lowest BCUT2D eigenvalue weighted by Crippen LogP contribution is -2.16. The number of ketones is 1. The molecule has 0 bridgehead atoms. The first-order chi connectivity index (χ1) is 4.66. The third-order valence-electron chi connectivity index (χ3n) is 1.78. The van der Waals surface area contributed by atoms with Crippen molar-refractivity contribution in [2.24, 2.45) is 5.41 Å². The van der Waals surface area contributed by atoms with Gasteiger partial charge in [0.2, 0.25) is 0 Å². The number of nitrogens with zero attached hydrogens (tertiary/aromatic N) is 1. The molecule has 0 heterocycles. The summed E-state index contributed by atoms with van der Waals surface area (Å²) in [6.45, 7) is 1.84. The van der Waals surface area contributed by atoms with Crippen LogP contribution in [-0.2, 0) is 4.79 Å². The Hall–Kier alpha value is -1.10. The van der Waals surface area contributed by atoms with Gasteiger partial charge in [-0.1, -0.05) is 6.08 Å². The van der Waals surface area contributed by atoms with Gasteiger partial charge in [-0.15, -0.1) is 0 Å². The van der Waals surface area contributed by atoms with E-state index >= 15 is 0 Å². The Balaban J connectivity index is 2.80. The summed E-state index contributed by atoms with van der Waals surface area (Å²) in [6.07, 6.45) is 4.38. The minimum atomic E-state index is -0.395. The van der Waals surface area contributed by atoms with E-state index in [1.807, 2.05) is 6.92 Å². The topological polar surface area (TPSA) is 40.9 Å². The molecule has 0 unspecified atom stereocenters. The van der Waals surface area contributed by atoms with Crippen molar-refractivity contribution < 1.29 is 4.79 Å². The van der Waals surface area contributed by atoms with E-state index in [0.29, 0.717) is 12.8 Å². The normalized spacial score (nSPS) is 31.8. The Morgan fingerprint density at radius 1 is 1.80 bits per heavy atom. The molecule has 0 radical (unpaired) electrons. The predicted octanol–water partition coefficient (Wildman–Crippen LogP) is 1.44. The molecule has 2 nitrogen and oxygen atoms in total. The molecular weight excluding hydrogens is 126 g/mol. The van der Waals surface area contributed by atoms with Crippen molar-refractivity contribution in [3.63, 3.8) is 0 Å². The van der Waals surface area contributed by atoms with Crippen molar-refractivity contribution in [2.45, 2.75) is 19.8 Å². The van der Waals surface area contributed by atoms with Crippen LogP contribution in [0.5, 0.6) is 0 Å². The second-order valence-electron chi connectivity index (χ2n) is 2.83. The first-order valence-corrected chi connectivity index (χ1v) is 3.30. The maximum absolute atomic E-state index is 10.7. The average Bonchev–Trinajstić information content (AvgIpc) is 1.96. The predicted molar refractivity (Wildman–Crippen MR) is 37.1 cm³/mol. The van der Waals surface area contributed by atoms with Crippen LogP contribution in [0.25, 0.3) is 0 Å². The SMILES string of the molecule is C[C@]1(C#N)C=CC(=O)CC1. The zero-order valence-corrected chi connectivity index (χ0v) is 5.92. The Bertz CT molecular complexity index is 224. The second kappa shape index (κ2) is 2.26. The van der Waals surface area contributed by atoms with Crippen molar-refractivity contribution in [3.05, 3.63) is 12.2 Å². The molecule has 0 aromatic carbocycles. The third-order valence-corrected chi connectivity index (χ3v) is 1.78. The van der Waals surface area contributed by atoms with Gasteiger partial charge in [-0.25, -0.2) is 0 Å². The lowest BCUT2D eigenvalue weighted by atomic mass is 9.82. The number of allylic oxidation sites excluding steroid dienone is 2. The molecule has 10 heavy (non-hydrogen) atoms. The van der Waals surface area contributed by atoms with Gasteiger partial charge in [-0.05, 0) is 19.4 Å².